The van der Waals surface area contributed by atoms with Gasteiger partial charge in [0, 0.05) is 67.2 Å². The SMILES string of the molecule is C.C.Cc1ccc(-c2ccc(-c3ccc(-c4ccc(-c5nc(-c6ccccc6)nc(-c6ccccc6)n5)cc4)c4ccccc34)cc2)cc1.c1ccc(-c2ccc(-c3nc(-c4ccccc4)nc(-c4cccc5c4-c4ccccc4C5(c4ccccc4)c4ccccc4)n3)cc2)cc1.c1ccc2cc(-c3nc(-c4ccc(-c5cccc6cccnc56)cc4)nc(-c4ccc5ccccc5c4)n3)ccc2c1. The number of para-hydroxylation sites is 1. The van der Waals surface area contributed by atoms with E-state index in [-0.39, 0.29) is 14.9 Å². The van der Waals surface area contributed by atoms with Gasteiger partial charge in [-0.3, -0.25) is 4.98 Å². The van der Waals surface area contributed by atoms with Gasteiger partial charge in [-0.2, -0.15) is 0 Å². The number of nitrogens with zero attached hydrogens (tertiary/aromatic N) is 10. The van der Waals surface area contributed by atoms with Gasteiger partial charge in [0.05, 0.1) is 10.9 Å². The number of rotatable bonds is 16. The van der Waals surface area contributed by atoms with Crippen molar-refractivity contribution in [2.24, 2.45) is 0 Å². The van der Waals surface area contributed by atoms with Crippen molar-refractivity contribution in [1.29, 1.82) is 0 Å². The average molecular weight is 1800 g/mol. The molecule has 4 aromatic heterocycles. The van der Waals surface area contributed by atoms with Crippen LogP contribution < -0.4 is 0 Å². The van der Waals surface area contributed by atoms with Crippen LogP contribution in [-0.2, 0) is 5.41 Å². The Hall–Kier alpha value is -18.4. The van der Waals surface area contributed by atoms with Gasteiger partial charge in [0.15, 0.2) is 52.4 Å². The predicted octanol–water partition coefficient (Wildman–Crippen LogP) is 32.9. The largest absolute Gasteiger partial charge is 0.256 e. The number of aryl methyl sites for hydroxylation is 1. The van der Waals surface area contributed by atoms with E-state index < -0.39 is 5.41 Å². The van der Waals surface area contributed by atoms with Crippen LogP contribution in [0, 0.1) is 6.92 Å². The molecule has 0 radical (unpaired) electrons. The van der Waals surface area contributed by atoms with E-state index in [9.17, 15) is 0 Å². The standard InChI is InChI=1S/C46H31N3.C44H31N3.C38H24N4.2CH4/c1-5-16-32(17-6-1)33-28-30-35(31-29-33)44-47-43(34-18-7-2-8-19-34)48-45(49-44)39-25-15-27-41-42(39)38-24-13-14-26-40(38)46(41,36-20-9-3-10-21-36)37-22-11-4-12-23-37;1-30-16-18-31(19-17-30)32-20-22-33(23-21-32)38-28-29-39(41-15-9-8-14-40(38)41)34-24-26-37(27-25-34)44-46-42(35-10-4-2-5-11-35)45-43(47-44)36-12-6-3-7-13-36;1-3-9-30-23-32(20-14-25(30)7-1)37-40-36(41-38(42-37)33-21-15-26-8-2-4-10-31(26)24-33)29-18-16-27(17-19-29)34-13-5-11-28-12-6-22-39-35(28)34;;/h1-31H;2-29H,1H3;1-24H;2*1H4. The Bertz CT molecular complexity index is 8370. The van der Waals surface area contributed by atoms with Gasteiger partial charge in [-0.05, 0) is 141 Å². The summed E-state index contributed by atoms with van der Waals surface area (Å²) in [5.74, 6) is 5.85. The maximum atomic E-state index is 5.22. The van der Waals surface area contributed by atoms with E-state index in [0.717, 1.165) is 99.6 Å². The van der Waals surface area contributed by atoms with E-state index in [2.05, 4.69) is 418 Å². The summed E-state index contributed by atoms with van der Waals surface area (Å²) in [6.45, 7) is 2.12. The molecule has 0 N–H and O–H groups in total. The molecule has 0 fully saturated rings. The van der Waals surface area contributed by atoms with Crippen LogP contribution in [0.4, 0.5) is 0 Å². The van der Waals surface area contributed by atoms with Crippen LogP contribution >= 0.6 is 0 Å². The highest BCUT2D eigenvalue weighted by Gasteiger charge is 2.47. The normalized spacial score (nSPS) is 11.6. The zero-order valence-electron chi connectivity index (χ0n) is 75.4. The molecular weight excluding hydrogens is 1700 g/mol. The van der Waals surface area contributed by atoms with E-state index in [0.29, 0.717) is 52.4 Å². The summed E-state index contributed by atoms with van der Waals surface area (Å²) in [7, 11) is 0. The molecule has 10 nitrogen and oxygen atoms in total. The highest BCUT2D eigenvalue weighted by Crippen LogP contribution is 2.58. The summed E-state index contributed by atoms with van der Waals surface area (Å²) in [5, 5.41) is 8.24. The third-order valence-electron chi connectivity index (χ3n) is 26.0. The van der Waals surface area contributed by atoms with Crippen molar-refractivity contribution in [2.45, 2.75) is 27.2 Å². The van der Waals surface area contributed by atoms with Crippen molar-refractivity contribution in [3.63, 3.8) is 0 Å². The van der Waals surface area contributed by atoms with Crippen molar-refractivity contribution in [3.05, 3.63) is 531 Å². The Labute approximate surface area is 815 Å². The van der Waals surface area contributed by atoms with Gasteiger partial charge in [-0.25, -0.2) is 44.9 Å². The molecule has 0 spiro atoms. The summed E-state index contributed by atoms with van der Waals surface area (Å²) < 4.78 is 0. The molecule has 0 saturated carbocycles. The lowest BCUT2D eigenvalue weighted by Crippen LogP contribution is -2.28. The van der Waals surface area contributed by atoms with Crippen molar-refractivity contribution in [1.82, 2.24) is 49.8 Å². The highest BCUT2D eigenvalue weighted by atomic mass is 15.1. The van der Waals surface area contributed by atoms with Crippen molar-refractivity contribution < 1.29 is 0 Å². The molecule has 0 aliphatic heterocycles. The molecule has 10 heteroatoms. The molecule has 664 valence electrons. The molecule has 25 rings (SSSR count). The zero-order valence-corrected chi connectivity index (χ0v) is 75.4. The lowest BCUT2D eigenvalue weighted by atomic mass is 9.67. The van der Waals surface area contributed by atoms with Gasteiger partial charge in [0.2, 0.25) is 0 Å². The molecule has 0 amide bonds. The minimum Gasteiger partial charge on any atom is -0.256 e. The fraction of sp³-hybridized carbons (Fsp3) is 0.0308. The topological polar surface area (TPSA) is 129 Å². The second-order valence-corrected chi connectivity index (χ2v) is 34.5. The first-order chi connectivity index (χ1) is 68.3. The minimum absolute atomic E-state index is 0. The monoisotopic (exact) mass is 1790 g/mol. The summed E-state index contributed by atoms with van der Waals surface area (Å²) in [4.78, 5) is 49.7. The number of fused-ring (bicyclic) bond motifs is 7. The third-order valence-corrected chi connectivity index (χ3v) is 26.0. The Kier molecular flexibility index (Phi) is 24.8. The molecule has 4 heterocycles. The highest BCUT2D eigenvalue weighted by molar-refractivity contribution is 6.06. The first-order valence-electron chi connectivity index (χ1n) is 46.5. The Morgan fingerprint density at radius 2 is 0.450 bits per heavy atom. The molecule has 140 heavy (non-hydrogen) atoms. The van der Waals surface area contributed by atoms with Crippen molar-refractivity contribution >= 4 is 43.2 Å². The maximum absolute atomic E-state index is 5.22. The number of aromatic nitrogens is 10. The van der Waals surface area contributed by atoms with Crippen LogP contribution in [0.3, 0.4) is 0 Å². The van der Waals surface area contributed by atoms with Gasteiger partial charge in [0.1, 0.15) is 0 Å². The molecule has 0 saturated heterocycles. The molecule has 0 atom stereocenters. The number of hydrogen-bond donors (Lipinski definition) is 0. The van der Waals surface area contributed by atoms with E-state index in [1.165, 1.54) is 88.3 Å². The van der Waals surface area contributed by atoms with Gasteiger partial charge >= 0.3 is 0 Å². The number of benzene rings is 20. The van der Waals surface area contributed by atoms with Gasteiger partial charge in [0.25, 0.3) is 0 Å². The molecule has 0 unspecified atom stereocenters. The smallest absolute Gasteiger partial charge is 0.164 e. The second-order valence-electron chi connectivity index (χ2n) is 34.5. The van der Waals surface area contributed by atoms with E-state index in [1.54, 1.807) is 0 Å². The summed E-state index contributed by atoms with van der Waals surface area (Å²) in [6.07, 6.45) is 1.84. The van der Waals surface area contributed by atoms with Crippen LogP contribution in [0.1, 0.15) is 42.7 Å². The third kappa shape index (κ3) is 17.6. The maximum Gasteiger partial charge on any atom is 0.164 e. The Morgan fingerprint density at radius 1 is 0.171 bits per heavy atom. The van der Waals surface area contributed by atoms with Gasteiger partial charge in [-0.15, -0.1) is 0 Å². The second kappa shape index (κ2) is 39.3. The summed E-state index contributed by atoms with van der Waals surface area (Å²) in [5.41, 5.74) is 29.4. The lowest BCUT2D eigenvalue weighted by molar-refractivity contribution is 0.768. The first kappa shape index (κ1) is 88.2. The quantitative estimate of drug-likeness (QED) is 0.0922. The average Bonchev–Trinajstić information content (AvgIpc) is 1.53. The summed E-state index contributed by atoms with van der Waals surface area (Å²) >= 11 is 0. The van der Waals surface area contributed by atoms with Gasteiger partial charge < -0.3 is 0 Å². The fourth-order valence-corrected chi connectivity index (χ4v) is 19.1. The fourth-order valence-electron chi connectivity index (χ4n) is 19.1. The first-order valence-corrected chi connectivity index (χ1v) is 46.5. The number of pyridine rings is 1. The van der Waals surface area contributed by atoms with Crippen LogP contribution in [0.15, 0.2) is 504 Å². The van der Waals surface area contributed by atoms with E-state index in [4.69, 9.17) is 44.9 Å². The van der Waals surface area contributed by atoms with Crippen LogP contribution in [0.25, 0.3) is 212 Å². The van der Waals surface area contributed by atoms with E-state index in [1.807, 2.05) is 97.2 Å². The molecule has 1 aliphatic rings. The molecular formula is C130H94N10. The Balaban J connectivity index is 0.000000124. The lowest BCUT2D eigenvalue weighted by Gasteiger charge is -2.33. The van der Waals surface area contributed by atoms with Gasteiger partial charge in [-0.1, -0.05) is 500 Å². The van der Waals surface area contributed by atoms with E-state index >= 15 is 0 Å². The van der Waals surface area contributed by atoms with Crippen molar-refractivity contribution in [3.8, 4) is 169 Å². The molecule has 0 bridgehead atoms. The predicted molar refractivity (Wildman–Crippen MR) is 579 cm³/mol. The summed E-state index contributed by atoms with van der Waals surface area (Å²) in [6, 6.07) is 174. The molecule has 1 aliphatic carbocycles. The zero-order chi connectivity index (χ0) is 92.1. The Morgan fingerprint density at radius 3 is 0.886 bits per heavy atom. The minimum atomic E-state index is -0.504. The number of hydrogen-bond acceptors (Lipinski definition) is 10. The van der Waals surface area contributed by atoms with Crippen molar-refractivity contribution in [2.75, 3.05) is 0 Å². The molecule has 24 aromatic rings. The van der Waals surface area contributed by atoms with Crippen LogP contribution in [-0.4, -0.2) is 49.8 Å². The van der Waals surface area contributed by atoms with Crippen LogP contribution in [0.2, 0.25) is 0 Å². The van der Waals surface area contributed by atoms with Crippen LogP contribution in [0.5, 0.6) is 0 Å². The molecule has 20 aromatic carbocycles.